The molecular formula is C11H18N4O2. The molecule has 0 aliphatic heterocycles. The lowest BCUT2D eigenvalue weighted by molar-refractivity contribution is 0.0175. The van der Waals surface area contributed by atoms with Crippen molar-refractivity contribution in [1.82, 2.24) is 15.1 Å². The van der Waals surface area contributed by atoms with Gasteiger partial charge in [-0.15, -0.1) is 0 Å². The zero-order chi connectivity index (χ0) is 12.6. The molecule has 0 unspecified atom stereocenters. The zero-order valence-corrected chi connectivity index (χ0v) is 10.4. The number of nitrogens with one attached hydrogen (secondary N) is 1. The number of aryl methyl sites for hydroxylation is 2. The molecule has 17 heavy (non-hydrogen) atoms. The molecule has 6 nitrogen and oxygen atoms in total. The summed E-state index contributed by atoms with van der Waals surface area (Å²) in [6, 6.07) is 0.182. The van der Waals surface area contributed by atoms with Gasteiger partial charge in [-0.25, -0.2) is 0 Å². The Morgan fingerprint density at radius 1 is 1.59 bits per heavy atom. The lowest BCUT2D eigenvalue weighted by Crippen LogP contribution is -2.47. The first-order valence-electron chi connectivity index (χ1n) is 5.65. The van der Waals surface area contributed by atoms with Gasteiger partial charge >= 0.3 is 0 Å². The van der Waals surface area contributed by atoms with Crippen LogP contribution in [0.4, 0.5) is 5.69 Å². The minimum atomic E-state index is -0.162. The highest BCUT2D eigenvalue weighted by atomic mass is 16.5. The third-order valence-electron chi connectivity index (χ3n) is 3.25. The van der Waals surface area contributed by atoms with Gasteiger partial charge in [0, 0.05) is 20.2 Å². The molecule has 1 saturated carbocycles. The minimum absolute atomic E-state index is 0.162. The maximum absolute atomic E-state index is 12.0. The Bertz CT molecular complexity index is 435. The van der Waals surface area contributed by atoms with Crippen molar-refractivity contribution >= 4 is 11.6 Å². The number of carbonyl (C=O) groups is 1. The first-order chi connectivity index (χ1) is 8.02. The van der Waals surface area contributed by atoms with Crippen LogP contribution < -0.4 is 11.1 Å². The molecule has 1 aromatic rings. The molecular weight excluding hydrogens is 220 g/mol. The van der Waals surface area contributed by atoms with Crippen LogP contribution in [0.3, 0.4) is 0 Å². The second-order valence-electron chi connectivity index (χ2n) is 4.47. The summed E-state index contributed by atoms with van der Waals surface area (Å²) in [7, 11) is 3.40. The number of rotatable bonds is 3. The van der Waals surface area contributed by atoms with Crippen LogP contribution in [0.1, 0.15) is 29.0 Å². The van der Waals surface area contributed by atoms with E-state index in [4.69, 9.17) is 10.5 Å². The molecule has 1 fully saturated rings. The molecule has 1 amide bonds. The number of anilines is 1. The van der Waals surface area contributed by atoms with E-state index in [9.17, 15) is 4.79 Å². The van der Waals surface area contributed by atoms with Crippen LogP contribution in [-0.2, 0) is 11.8 Å². The van der Waals surface area contributed by atoms with Gasteiger partial charge in [0.15, 0.2) is 0 Å². The number of ether oxygens (including phenoxy) is 1. The quantitative estimate of drug-likeness (QED) is 0.789. The van der Waals surface area contributed by atoms with Crippen molar-refractivity contribution in [3.8, 4) is 0 Å². The Morgan fingerprint density at radius 2 is 2.24 bits per heavy atom. The molecule has 2 rings (SSSR count). The summed E-state index contributed by atoms with van der Waals surface area (Å²) in [5.74, 6) is -0.162. The third-order valence-corrected chi connectivity index (χ3v) is 3.25. The average molecular weight is 238 g/mol. The molecule has 1 heterocycles. The topological polar surface area (TPSA) is 82.2 Å². The number of nitrogens with zero attached hydrogens (tertiary/aromatic N) is 2. The van der Waals surface area contributed by atoms with Gasteiger partial charge in [0.2, 0.25) is 0 Å². The molecule has 0 saturated heterocycles. The van der Waals surface area contributed by atoms with E-state index in [1.54, 1.807) is 21.1 Å². The van der Waals surface area contributed by atoms with Crippen molar-refractivity contribution in [3.05, 3.63) is 11.4 Å². The van der Waals surface area contributed by atoms with E-state index >= 15 is 0 Å². The van der Waals surface area contributed by atoms with Crippen molar-refractivity contribution in [2.24, 2.45) is 7.05 Å². The number of nitrogens with two attached hydrogens (primary N) is 1. The second-order valence-corrected chi connectivity index (χ2v) is 4.47. The van der Waals surface area contributed by atoms with Crippen LogP contribution in [-0.4, -0.2) is 34.9 Å². The van der Waals surface area contributed by atoms with E-state index in [1.165, 1.54) is 4.68 Å². The van der Waals surface area contributed by atoms with E-state index in [1.807, 2.05) is 0 Å². The summed E-state index contributed by atoms with van der Waals surface area (Å²) in [6.45, 7) is 1.79. The van der Waals surface area contributed by atoms with Gasteiger partial charge in [0.1, 0.15) is 5.69 Å². The van der Waals surface area contributed by atoms with Crippen LogP contribution in [0.15, 0.2) is 0 Å². The van der Waals surface area contributed by atoms with Gasteiger partial charge in [-0.2, -0.15) is 5.10 Å². The average Bonchev–Trinajstić information content (AvgIpc) is 2.46. The third kappa shape index (κ3) is 2.12. The Labute approximate surface area is 100 Å². The van der Waals surface area contributed by atoms with E-state index in [2.05, 4.69) is 10.4 Å². The fourth-order valence-corrected chi connectivity index (χ4v) is 2.07. The van der Waals surface area contributed by atoms with Crippen LogP contribution in [0.5, 0.6) is 0 Å². The van der Waals surface area contributed by atoms with E-state index in [0.29, 0.717) is 17.1 Å². The van der Waals surface area contributed by atoms with Gasteiger partial charge in [-0.05, 0) is 19.8 Å². The van der Waals surface area contributed by atoms with E-state index < -0.39 is 0 Å². The molecule has 0 bridgehead atoms. The minimum Gasteiger partial charge on any atom is -0.395 e. The fourth-order valence-electron chi connectivity index (χ4n) is 2.07. The maximum Gasteiger partial charge on any atom is 0.271 e. The summed E-state index contributed by atoms with van der Waals surface area (Å²) in [4.78, 5) is 12.0. The van der Waals surface area contributed by atoms with Crippen molar-refractivity contribution < 1.29 is 9.53 Å². The van der Waals surface area contributed by atoms with Gasteiger partial charge in [-0.3, -0.25) is 9.48 Å². The lowest BCUT2D eigenvalue weighted by Gasteiger charge is -2.34. The van der Waals surface area contributed by atoms with Crippen molar-refractivity contribution in [2.45, 2.75) is 31.9 Å². The molecule has 0 radical (unpaired) electrons. The Kier molecular flexibility index (Phi) is 3.06. The predicted molar refractivity (Wildman–Crippen MR) is 63.6 cm³/mol. The highest BCUT2D eigenvalue weighted by molar-refractivity contribution is 5.98. The lowest BCUT2D eigenvalue weighted by atomic mass is 9.89. The molecule has 0 spiro atoms. The van der Waals surface area contributed by atoms with Crippen molar-refractivity contribution in [3.63, 3.8) is 0 Å². The maximum atomic E-state index is 12.0. The highest BCUT2D eigenvalue weighted by Gasteiger charge is 2.31. The first-order valence-corrected chi connectivity index (χ1v) is 5.65. The molecule has 6 heteroatoms. The van der Waals surface area contributed by atoms with Gasteiger partial charge in [0.05, 0.1) is 17.5 Å². The fraction of sp³-hybridized carbons (Fsp3) is 0.636. The SMILES string of the molecule is COC1CC(NC(=O)c2c(N)c(C)nn2C)C1. The molecule has 0 aromatic carbocycles. The number of methoxy groups -OCH3 is 1. The van der Waals surface area contributed by atoms with Gasteiger partial charge in [-0.1, -0.05) is 0 Å². The number of nitrogen functional groups attached to an aromatic ring is 1. The smallest absolute Gasteiger partial charge is 0.271 e. The number of carbonyl (C=O) groups excluding carboxylic acids is 1. The van der Waals surface area contributed by atoms with Crippen molar-refractivity contribution in [1.29, 1.82) is 0 Å². The molecule has 1 aliphatic rings. The molecule has 1 aliphatic carbocycles. The Hall–Kier alpha value is -1.56. The van der Waals surface area contributed by atoms with Crippen LogP contribution in [0, 0.1) is 6.92 Å². The Balaban J connectivity index is 2.01. The summed E-state index contributed by atoms with van der Waals surface area (Å²) in [6.07, 6.45) is 1.99. The number of hydrogen-bond acceptors (Lipinski definition) is 4. The number of amides is 1. The van der Waals surface area contributed by atoms with Crippen LogP contribution in [0.2, 0.25) is 0 Å². The number of hydrogen-bond donors (Lipinski definition) is 2. The Morgan fingerprint density at radius 3 is 2.71 bits per heavy atom. The summed E-state index contributed by atoms with van der Waals surface area (Å²) >= 11 is 0. The normalized spacial score (nSPS) is 23.2. The van der Waals surface area contributed by atoms with E-state index in [-0.39, 0.29) is 18.1 Å². The summed E-state index contributed by atoms with van der Waals surface area (Å²) < 4.78 is 6.68. The van der Waals surface area contributed by atoms with Crippen LogP contribution >= 0.6 is 0 Å². The predicted octanol–water partition coefficient (Wildman–Crippen LogP) is 0.218. The first kappa shape index (κ1) is 11.9. The van der Waals surface area contributed by atoms with E-state index in [0.717, 1.165) is 12.8 Å². The zero-order valence-electron chi connectivity index (χ0n) is 10.4. The summed E-state index contributed by atoms with van der Waals surface area (Å²) in [5, 5.41) is 7.05. The van der Waals surface area contributed by atoms with Gasteiger partial charge in [0.25, 0.3) is 5.91 Å². The second kappa shape index (κ2) is 4.37. The monoisotopic (exact) mass is 238 g/mol. The standard InChI is InChI=1S/C11H18N4O2/c1-6-9(12)10(15(2)14-6)11(16)13-7-4-8(5-7)17-3/h7-8H,4-5,12H2,1-3H3,(H,13,16). The molecule has 0 atom stereocenters. The molecule has 1 aromatic heterocycles. The van der Waals surface area contributed by atoms with Gasteiger partial charge < -0.3 is 15.8 Å². The number of aromatic nitrogens is 2. The van der Waals surface area contributed by atoms with Crippen LogP contribution in [0.25, 0.3) is 0 Å². The molecule has 3 N–H and O–H groups in total. The largest absolute Gasteiger partial charge is 0.395 e. The summed E-state index contributed by atoms with van der Waals surface area (Å²) in [5.41, 5.74) is 7.39. The van der Waals surface area contributed by atoms with Crippen molar-refractivity contribution in [2.75, 3.05) is 12.8 Å². The molecule has 94 valence electrons. The highest BCUT2D eigenvalue weighted by Crippen LogP contribution is 2.23.